The van der Waals surface area contributed by atoms with Crippen molar-refractivity contribution in [1.82, 2.24) is 9.55 Å². The van der Waals surface area contributed by atoms with E-state index in [9.17, 15) is 4.79 Å². The van der Waals surface area contributed by atoms with Crippen molar-refractivity contribution in [3.63, 3.8) is 0 Å². The summed E-state index contributed by atoms with van der Waals surface area (Å²) in [7, 11) is 0. The number of benzene rings is 1. The molecule has 0 N–H and O–H groups in total. The van der Waals surface area contributed by atoms with Crippen LogP contribution in [0.3, 0.4) is 0 Å². The Labute approximate surface area is 119 Å². The molecular formula is C16H20N2O2. The second kappa shape index (κ2) is 5.90. The highest BCUT2D eigenvalue weighted by Gasteiger charge is 2.20. The Morgan fingerprint density at radius 3 is 2.40 bits per heavy atom. The lowest BCUT2D eigenvalue weighted by Crippen LogP contribution is -2.13. The Morgan fingerprint density at radius 1 is 1.20 bits per heavy atom. The molecular weight excluding hydrogens is 252 g/mol. The third-order valence-electron chi connectivity index (χ3n) is 3.29. The summed E-state index contributed by atoms with van der Waals surface area (Å²) in [6.07, 6.45) is 0.993. The maximum absolute atomic E-state index is 12.1. The van der Waals surface area contributed by atoms with Crippen LogP contribution in [0.4, 0.5) is 0 Å². The van der Waals surface area contributed by atoms with Crippen molar-refractivity contribution in [2.45, 2.75) is 34.1 Å². The molecule has 0 radical (unpaired) electrons. The second-order valence-electron chi connectivity index (χ2n) is 4.67. The zero-order chi connectivity index (χ0) is 14.7. The molecule has 106 valence electrons. The number of carbonyl (C=O) groups excluding carboxylic acids is 1. The molecule has 2 rings (SSSR count). The van der Waals surface area contributed by atoms with Crippen LogP contribution in [0, 0.1) is 13.8 Å². The van der Waals surface area contributed by atoms with Crippen molar-refractivity contribution in [2.75, 3.05) is 6.61 Å². The summed E-state index contributed by atoms with van der Waals surface area (Å²) in [5.74, 6) is 0.458. The third kappa shape index (κ3) is 2.59. The molecule has 2 aromatic rings. The Bertz CT molecular complexity index is 612. The number of ether oxygens (including phenoxy) is 1. The van der Waals surface area contributed by atoms with Gasteiger partial charge in [-0.2, -0.15) is 0 Å². The van der Waals surface area contributed by atoms with Crippen LogP contribution in [0.15, 0.2) is 24.3 Å². The molecule has 0 saturated carbocycles. The fourth-order valence-corrected chi connectivity index (χ4v) is 2.30. The van der Waals surface area contributed by atoms with E-state index < -0.39 is 0 Å². The maximum atomic E-state index is 12.1. The molecule has 0 unspecified atom stereocenters. The van der Waals surface area contributed by atoms with Crippen molar-refractivity contribution < 1.29 is 9.53 Å². The van der Waals surface area contributed by atoms with E-state index in [4.69, 9.17) is 4.74 Å². The van der Waals surface area contributed by atoms with E-state index in [0.717, 1.165) is 17.9 Å². The van der Waals surface area contributed by atoms with Gasteiger partial charge in [-0.15, -0.1) is 0 Å². The Balaban J connectivity index is 2.51. The van der Waals surface area contributed by atoms with Crippen LogP contribution >= 0.6 is 0 Å². The first kappa shape index (κ1) is 14.3. The molecule has 0 aliphatic rings. The van der Waals surface area contributed by atoms with E-state index in [0.29, 0.717) is 18.0 Å². The van der Waals surface area contributed by atoms with Crippen molar-refractivity contribution in [2.24, 2.45) is 0 Å². The topological polar surface area (TPSA) is 44.1 Å². The summed E-state index contributed by atoms with van der Waals surface area (Å²) in [6, 6.07) is 8.16. The minimum atomic E-state index is -0.329. The molecule has 0 amide bonds. The van der Waals surface area contributed by atoms with Crippen LogP contribution in [0.1, 0.15) is 41.4 Å². The van der Waals surface area contributed by atoms with Gasteiger partial charge in [0, 0.05) is 5.69 Å². The van der Waals surface area contributed by atoms with Crippen molar-refractivity contribution in [1.29, 1.82) is 0 Å². The average Bonchev–Trinajstić information content (AvgIpc) is 2.74. The number of hydrogen-bond acceptors (Lipinski definition) is 3. The van der Waals surface area contributed by atoms with Crippen LogP contribution < -0.4 is 0 Å². The van der Waals surface area contributed by atoms with E-state index >= 15 is 0 Å². The van der Waals surface area contributed by atoms with Crippen LogP contribution in [-0.2, 0) is 11.2 Å². The standard InChI is InChI=1S/C16H20N2O2/c1-5-13-7-9-14(10-8-13)18-12(4)17-11(3)15(18)16(19)20-6-2/h7-10H,5-6H2,1-4H3. The molecule has 0 bridgehead atoms. The molecule has 0 fully saturated rings. The molecule has 4 nitrogen and oxygen atoms in total. The highest BCUT2D eigenvalue weighted by Crippen LogP contribution is 2.19. The second-order valence-corrected chi connectivity index (χ2v) is 4.67. The summed E-state index contributed by atoms with van der Waals surface area (Å²) in [4.78, 5) is 16.5. The minimum absolute atomic E-state index is 0.329. The van der Waals surface area contributed by atoms with Gasteiger partial charge in [-0.3, -0.25) is 4.57 Å². The van der Waals surface area contributed by atoms with Gasteiger partial charge in [0.1, 0.15) is 5.82 Å². The lowest BCUT2D eigenvalue weighted by molar-refractivity contribution is 0.0516. The lowest BCUT2D eigenvalue weighted by atomic mass is 10.1. The summed E-state index contributed by atoms with van der Waals surface area (Å²) in [5.41, 5.74) is 3.40. The van der Waals surface area contributed by atoms with Gasteiger partial charge in [0.15, 0.2) is 5.69 Å². The van der Waals surface area contributed by atoms with E-state index in [2.05, 4.69) is 24.0 Å². The molecule has 1 heterocycles. The molecule has 0 aliphatic carbocycles. The molecule has 0 aliphatic heterocycles. The first-order valence-electron chi connectivity index (χ1n) is 6.90. The van der Waals surface area contributed by atoms with E-state index in [1.54, 1.807) is 6.92 Å². The molecule has 0 atom stereocenters. The Kier molecular flexibility index (Phi) is 4.23. The summed E-state index contributed by atoms with van der Waals surface area (Å²) in [5, 5.41) is 0. The molecule has 0 saturated heterocycles. The number of carbonyl (C=O) groups is 1. The van der Waals surface area contributed by atoms with Crippen LogP contribution in [0.25, 0.3) is 5.69 Å². The molecule has 20 heavy (non-hydrogen) atoms. The SMILES string of the molecule is CCOC(=O)c1c(C)nc(C)n1-c1ccc(CC)cc1. The van der Waals surface area contributed by atoms with E-state index in [-0.39, 0.29) is 5.97 Å². The van der Waals surface area contributed by atoms with Gasteiger partial charge < -0.3 is 4.74 Å². The number of hydrogen-bond donors (Lipinski definition) is 0. The third-order valence-corrected chi connectivity index (χ3v) is 3.29. The molecule has 4 heteroatoms. The predicted octanol–water partition coefficient (Wildman–Crippen LogP) is 3.23. The molecule has 1 aromatic carbocycles. The van der Waals surface area contributed by atoms with Crippen molar-refractivity contribution in [3.8, 4) is 5.69 Å². The smallest absolute Gasteiger partial charge is 0.357 e. The number of aromatic nitrogens is 2. The monoisotopic (exact) mass is 272 g/mol. The Morgan fingerprint density at radius 2 is 1.85 bits per heavy atom. The van der Waals surface area contributed by atoms with Gasteiger partial charge in [0.05, 0.1) is 12.3 Å². The predicted molar refractivity (Wildman–Crippen MR) is 78.4 cm³/mol. The van der Waals surface area contributed by atoms with Crippen molar-refractivity contribution >= 4 is 5.97 Å². The summed E-state index contributed by atoms with van der Waals surface area (Å²) >= 11 is 0. The van der Waals surface area contributed by atoms with Gasteiger partial charge in [0.2, 0.25) is 0 Å². The number of rotatable bonds is 4. The van der Waals surface area contributed by atoms with Gasteiger partial charge in [-0.1, -0.05) is 19.1 Å². The zero-order valence-electron chi connectivity index (χ0n) is 12.4. The number of nitrogens with zero attached hydrogens (tertiary/aromatic N) is 2. The van der Waals surface area contributed by atoms with Gasteiger partial charge in [-0.25, -0.2) is 9.78 Å². The van der Waals surface area contributed by atoms with E-state index in [1.165, 1.54) is 5.56 Å². The molecule has 1 aromatic heterocycles. The van der Waals surface area contributed by atoms with Crippen LogP contribution in [0.5, 0.6) is 0 Å². The van der Waals surface area contributed by atoms with Crippen LogP contribution in [-0.4, -0.2) is 22.1 Å². The Hall–Kier alpha value is -2.10. The van der Waals surface area contributed by atoms with Gasteiger partial charge >= 0.3 is 5.97 Å². The van der Waals surface area contributed by atoms with Crippen LogP contribution in [0.2, 0.25) is 0 Å². The number of esters is 1. The largest absolute Gasteiger partial charge is 0.461 e. The minimum Gasteiger partial charge on any atom is -0.461 e. The highest BCUT2D eigenvalue weighted by molar-refractivity contribution is 5.89. The lowest BCUT2D eigenvalue weighted by Gasteiger charge is -2.10. The highest BCUT2D eigenvalue weighted by atomic mass is 16.5. The first-order valence-corrected chi connectivity index (χ1v) is 6.90. The normalized spacial score (nSPS) is 10.6. The fraction of sp³-hybridized carbons (Fsp3) is 0.375. The maximum Gasteiger partial charge on any atom is 0.357 e. The van der Waals surface area contributed by atoms with Crippen molar-refractivity contribution in [3.05, 3.63) is 47.0 Å². The summed E-state index contributed by atoms with van der Waals surface area (Å²) in [6.45, 7) is 8.00. The first-order chi connectivity index (χ1) is 9.58. The van der Waals surface area contributed by atoms with Gasteiger partial charge in [0.25, 0.3) is 0 Å². The quantitative estimate of drug-likeness (QED) is 0.803. The number of aryl methyl sites for hydroxylation is 3. The zero-order valence-corrected chi connectivity index (χ0v) is 12.4. The van der Waals surface area contributed by atoms with E-state index in [1.807, 2.05) is 30.5 Å². The average molecular weight is 272 g/mol. The number of imidazole rings is 1. The molecule has 0 spiro atoms. The fourth-order valence-electron chi connectivity index (χ4n) is 2.30. The summed E-state index contributed by atoms with van der Waals surface area (Å²) < 4.78 is 6.98. The van der Waals surface area contributed by atoms with Gasteiger partial charge in [-0.05, 0) is 44.9 Å².